The first-order valence-corrected chi connectivity index (χ1v) is 10.2. The molecule has 6 nitrogen and oxygen atoms in total. The molecule has 4 rings (SSSR count). The van der Waals surface area contributed by atoms with Crippen LogP contribution in [0.15, 0.2) is 24.5 Å². The van der Waals surface area contributed by atoms with Crippen molar-refractivity contribution in [3.63, 3.8) is 0 Å². The van der Waals surface area contributed by atoms with Crippen molar-refractivity contribution in [1.82, 2.24) is 24.2 Å². The number of aromatic nitrogens is 4. The number of imidazole rings is 1. The van der Waals surface area contributed by atoms with E-state index in [0.29, 0.717) is 24.3 Å². The van der Waals surface area contributed by atoms with Gasteiger partial charge in [-0.2, -0.15) is 5.10 Å². The molecule has 30 heavy (non-hydrogen) atoms. The third-order valence-corrected chi connectivity index (χ3v) is 6.27. The molecule has 0 saturated carbocycles. The Morgan fingerprint density at radius 1 is 1.37 bits per heavy atom. The van der Waals surface area contributed by atoms with E-state index in [1.54, 1.807) is 22.5 Å². The zero-order valence-corrected chi connectivity index (χ0v) is 18.0. The molecule has 0 bridgehead atoms. The first kappa shape index (κ1) is 20.7. The molecule has 1 unspecified atom stereocenters. The number of aryl methyl sites for hydroxylation is 1. The number of benzene rings is 1. The van der Waals surface area contributed by atoms with E-state index in [9.17, 15) is 13.6 Å². The predicted octanol–water partition coefficient (Wildman–Crippen LogP) is 3.42. The van der Waals surface area contributed by atoms with Crippen LogP contribution in [-0.2, 0) is 44.8 Å². The average Bonchev–Trinajstić information content (AvgIpc) is 3.37. The molecule has 1 amide bonds. The summed E-state index contributed by atoms with van der Waals surface area (Å²) in [5.74, 6) is -1.96. The highest BCUT2D eigenvalue weighted by atomic mass is 35.5. The van der Waals surface area contributed by atoms with Gasteiger partial charge in [0.25, 0.3) is 0 Å². The summed E-state index contributed by atoms with van der Waals surface area (Å²) in [7, 11) is 3.61. The van der Waals surface area contributed by atoms with Crippen LogP contribution in [0.1, 0.15) is 28.4 Å². The Morgan fingerprint density at radius 3 is 2.83 bits per heavy atom. The summed E-state index contributed by atoms with van der Waals surface area (Å²) >= 11 is 11.4. The number of halogens is 3. The fraction of sp³-hybridized carbons (Fsp3) is 0.350. The van der Waals surface area contributed by atoms with E-state index in [0.717, 1.165) is 17.0 Å². The van der Waals surface area contributed by atoms with Crippen LogP contribution in [0.2, 0.25) is 5.02 Å². The molecule has 158 valence electrons. The number of fused-ring (bicyclic) bond motifs is 1. The van der Waals surface area contributed by atoms with Crippen LogP contribution in [0.5, 0.6) is 0 Å². The van der Waals surface area contributed by atoms with Crippen LogP contribution < -0.4 is 5.32 Å². The van der Waals surface area contributed by atoms with E-state index in [4.69, 9.17) is 23.8 Å². The number of rotatable bonds is 5. The lowest BCUT2D eigenvalue weighted by Crippen LogP contribution is -2.25. The predicted molar refractivity (Wildman–Crippen MR) is 111 cm³/mol. The highest BCUT2D eigenvalue weighted by Crippen LogP contribution is 2.37. The van der Waals surface area contributed by atoms with Gasteiger partial charge in [0.2, 0.25) is 5.91 Å². The number of carbonyl (C=O) groups is 1. The highest BCUT2D eigenvalue weighted by molar-refractivity contribution is 7.71. The Hall–Kier alpha value is -2.52. The van der Waals surface area contributed by atoms with Crippen molar-refractivity contribution in [3.8, 4) is 0 Å². The smallest absolute Gasteiger partial charge is 0.226 e. The van der Waals surface area contributed by atoms with Crippen LogP contribution in [0.3, 0.4) is 0 Å². The summed E-state index contributed by atoms with van der Waals surface area (Å²) in [4.78, 5) is 12.5. The van der Waals surface area contributed by atoms with Crippen LogP contribution in [-0.4, -0.2) is 24.8 Å². The Kier molecular flexibility index (Phi) is 5.50. The second-order valence-electron chi connectivity index (χ2n) is 7.48. The van der Waals surface area contributed by atoms with E-state index in [1.807, 2.05) is 17.8 Å². The van der Waals surface area contributed by atoms with E-state index in [1.165, 1.54) is 12.1 Å². The van der Waals surface area contributed by atoms with E-state index < -0.39 is 17.6 Å². The zero-order valence-electron chi connectivity index (χ0n) is 16.5. The van der Waals surface area contributed by atoms with Crippen LogP contribution in [0.4, 0.5) is 8.78 Å². The van der Waals surface area contributed by atoms with Gasteiger partial charge in [-0.3, -0.25) is 9.48 Å². The standard InChI is InChI=1S/C20H20ClF2N5OS/c1-26-9-11(8-25-26)7-24-17(29)6-15-16-5-12(10-28(16)20(30)27(15)2)18-14(22)4-3-13(21)19(18)23/h3-4,8-9,12H,5-7,10H2,1-2H3,(H,24,29). The van der Waals surface area contributed by atoms with Gasteiger partial charge in [0.05, 0.1) is 17.6 Å². The molecule has 0 aliphatic carbocycles. The first-order valence-electron chi connectivity index (χ1n) is 9.41. The van der Waals surface area contributed by atoms with Crippen molar-refractivity contribution >= 4 is 29.7 Å². The Bertz CT molecular complexity index is 1200. The highest BCUT2D eigenvalue weighted by Gasteiger charge is 2.32. The van der Waals surface area contributed by atoms with Crippen molar-refractivity contribution in [2.75, 3.05) is 0 Å². The summed E-state index contributed by atoms with van der Waals surface area (Å²) in [5.41, 5.74) is 2.43. The Morgan fingerprint density at radius 2 is 2.13 bits per heavy atom. The van der Waals surface area contributed by atoms with Crippen molar-refractivity contribution in [2.24, 2.45) is 14.1 Å². The molecule has 0 radical (unpaired) electrons. The molecule has 1 aromatic carbocycles. The number of carbonyl (C=O) groups excluding carboxylic acids is 1. The Labute approximate surface area is 182 Å². The molecule has 1 N–H and O–H groups in total. The van der Waals surface area contributed by atoms with Crippen molar-refractivity contribution in [3.05, 3.63) is 68.5 Å². The van der Waals surface area contributed by atoms with Gasteiger partial charge in [0.15, 0.2) is 4.77 Å². The molecule has 0 fully saturated rings. The van der Waals surface area contributed by atoms with Gasteiger partial charge >= 0.3 is 0 Å². The van der Waals surface area contributed by atoms with Gasteiger partial charge in [-0.15, -0.1) is 0 Å². The average molecular weight is 452 g/mol. The molecule has 1 aliphatic heterocycles. The normalized spacial score (nSPS) is 15.4. The monoisotopic (exact) mass is 451 g/mol. The van der Waals surface area contributed by atoms with Crippen molar-refractivity contribution < 1.29 is 13.6 Å². The second-order valence-corrected chi connectivity index (χ2v) is 8.25. The molecule has 1 atom stereocenters. The van der Waals surface area contributed by atoms with Crippen molar-refractivity contribution in [2.45, 2.75) is 31.8 Å². The topological polar surface area (TPSA) is 56.8 Å². The molecular formula is C20H20ClF2N5OS. The quantitative estimate of drug-likeness (QED) is 0.477. The third-order valence-electron chi connectivity index (χ3n) is 5.49. The van der Waals surface area contributed by atoms with Crippen LogP contribution in [0.25, 0.3) is 0 Å². The van der Waals surface area contributed by atoms with Gasteiger partial charge in [-0.25, -0.2) is 8.78 Å². The molecule has 0 saturated heterocycles. The Balaban J connectivity index is 1.55. The number of hydrogen-bond donors (Lipinski definition) is 1. The summed E-state index contributed by atoms with van der Waals surface area (Å²) in [5, 5.41) is 6.84. The lowest BCUT2D eigenvalue weighted by atomic mass is 9.95. The summed E-state index contributed by atoms with van der Waals surface area (Å²) in [6, 6.07) is 2.39. The molecule has 1 aliphatic rings. The SMILES string of the molecule is Cn1cc(CNC(=O)Cc2c3n(c(=S)n2C)CC(c2c(F)ccc(Cl)c2F)C3)cn1. The number of hydrogen-bond acceptors (Lipinski definition) is 3. The van der Waals surface area contributed by atoms with Gasteiger partial charge in [-0.1, -0.05) is 11.6 Å². The van der Waals surface area contributed by atoms with E-state index in [-0.39, 0.29) is 22.9 Å². The molecule has 0 spiro atoms. The molecule has 10 heteroatoms. The molecule has 3 heterocycles. The second kappa shape index (κ2) is 7.96. The van der Waals surface area contributed by atoms with Crippen LogP contribution >= 0.6 is 23.8 Å². The minimum absolute atomic E-state index is 0.0322. The van der Waals surface area contributed by atoms with Crippen LogP contribution in [0, 0.1) is 16.4 Å². The zero-order chi connectivity index (χ0) is 21.6. The van der Waals surface area contributed by atoms with E-state index in [2.05, 4.69) is 10.4 Å². The lowest BCUT2D eigenvalue weighted by molar-refractivity contribution is -0.120. The number of amides is 1. The number of nitrogens with one attached hydrogen (secondary N) is 1. The molecule has 2 aromatic heterocycles. The van der Waals surface area contributed by atoms with Gasteiger partial charge in [0, 0.05) is 61.8 Å². The van der Waals surface area contributed by atoms with Crippen molar-refractivity contribution in [1.29, 1.82) is 0 Å². The first-order chi connectivity index (χ1) is 14.3. The third kappa shape index (κ3) is 3.67. The minimum Gasteiger partial charge on any atom is -0.352 e. The van der Waals surface area contributed by atoms with Gasteiger partial charge in [0.1, 0.15) is 11.6 Å². The summed E-state index contributed by atoms with van der Waals surface area (Å²) in [6.07, 6.45) is 4.02. The fourth-order valence-corrected chi connectivity index (χ4v) is 4.47. The maximum atomic E-state index is 14.5. The van der Waals surface area contributed by atoms with Gasteiger partial charge < -0.3 is 14.5 Å². The minimum atomic E-state index is -0.738. The van der Waals surface area contributed by atoms with Gasteiger partial charge in [-0.05, 0) is 30.8 Å². The maximum absolute atomic E-state index is 14.5. The van der Waals surface area contributed by atoms with E-state index >= 15 is 0 Å². The summed E-state index contributed by atoms with van der Waals surface area (Å²) in [6.45, 7) is 0.711. The number of nitrogens with zero attached hydrogens (tertiary/aromatic N) is 4. The maximum Gasteiger partial charge on any atom is 0.226 e. The molecular weight excluding hydrogens is 432 g/mol. The summed E-state index contributed by atoms with van der Waals surface area (Å²) < 4.78 is 34.7. The lowest BCUT2D eigenvalue weighted by Gasteiger charge is -2.14. The largest absolute Gasteiger partial charge is 0.352 e. The fourth-order valence-electron chi connectivity index (χ4n) is 4.01. The molecule has 3 aromatic rings.